The molecule has 0 bridgehead atoms. The summed E-state index contributed by atoms with van der Waals surface area (Å²) >= 11 is 12.1. The van der Waals surface area contributed by atoms with Crippen LogP contribution in [0.1, 0.15) is 46.4 Å². The maximum Gasteiger partial charge on any atom is 0.306 e. The van der Waals surface area contributed by atoms with Crippen molar-refractivity contribution in [1.29, 1.82) is 0 Å². The number of aliphatic carboxylic acids is 1. The predicted molar refractivity (Wildman–Crippen MR) is 122 cm³/mol. The van der Waals surface area contributed by atoms with Crippen molar-refractivity contribution in [2.45, 2.75) is 31.8 Å². The highest BCUT2D eigenvalue weighted by atomic mass is 35.5. The Hall–Kier alpha value is -2.77. The Labute approximate surface area is 196 Å². The van der Waals surface area contributed by atoms with E-state index in [1.54, 1.807) is 42.5 Å². The molecule has 0 spiro atoms. The molecule has 0 aliphatic heterocycles. The zero-order valence-corrected chi connectivity index (χ0v) is 18.8. The average Bonchev–Trinajstić information content (AvgIpc) is 2.77. The topological polar surface area (TPSA) is 105 Å². The van der Waals surface area contributed by atoms with Gasteiger partial charge in [0.15, 0.2) is 0 Å². The molecular formula is C23H24Cl2N2O5. The molecule has 2 amide bonds. The van der Waals surface area contributed by atoms with Gasteiger partial charge in [0, 0.05) is 23.7 Å². The maximum absolute atomic E-state index is 12.4. The molecule has 9 heteroatoms. The number of benzene rings is 2. The lowest BCUT2D eigenvalue weighted by molar-refractivity contribution is -0.143. The zero-order chi connectivity index (χ0) is 23.1. The number of hydrogen-bond donors (Lipinski definition) is 3. The average molecular weight is 479 g/mol. The van der Waals surface area contributed by atoms with Crippen LogP contribution in [0.4, 0.5) is 0 Å². The van der Waals surface area contributed by atoms with Crippen molar-refractivity contribution >= 4 is 41.0 Å². The van der Waals surface area contributed by atoms with Crippen LogP contribution in [0.15, 0.2) is 42.5 Å². The third-order valence-corrected chi connectivity index (χ3v) is 5.88. The Balaban J connectivity index is 1.44. The number of halogens is 2. The van der Waals surface area contributed by atoms with E-state index in [0.717, 1.165) is 0 Å². The molecule has 3 N–H and O–H groups in total. The van der Waals surface area contributed by atoms with E-state index in [2.05, 4.69) is 10.6 Å². The van der Waals surface area contributed by atoms with Crippen LogP contribution in [-0.4, -0.2) is 42.1 Å². The largest absolute Gasteiger partial charge is 0.490 e. The van der Waals surface area contributed by atoms with Crippen LogP contribution in [-0.2, 0) is 4.79 Å². The van der Waals surface area contributed by atoms with E-state index in [1.807, 2.05) is 0 Å². The molecule has 1 aliphatic rings. The molecule has 0 saturated heterocycles. The standard InChI is InChI=1S/C23H24Cl2N2O5/c24-16-5-1-14(2-6-16)21(28)26-11-12-27-22(29)19-10-9-18(13-20(19)25)32-17-7-3-15(4-8-17)23(30)31/h1-2,5-6,9-10,13,15,17H,3-4,7-8,11-12H2,(H,26,28)(H,27,29)(H,30,31). The smallest absolute Gasteiger partial charge is 0.306 e. The molecule has 1 aliphatic carbocycles. The summed E-state index contributed by atoms with van der Waals surface area (Å²) in [6.45, 7) is 0.491. The number of carboxylic acids is 1. The van der Waals surface area contributed by atoms with Gasteiger partial charge < -0.3 is 20.5 Å². The highest BCUT2D eigenvalue weighted by Gasteiger charge is 2.27. The van der Waals surface area contributed by atoms with Crippen LogP contribution < -0.4 is 15.4 Å². The van der Waals surface area contributed by atoms with Gasteiger partial charge in [0.1, 0.15) is 5.75 Å². The summed E-state index contributed by atoms with van der Waals surface area (Å²) in [7, 11) is 0. The van der Waals surface area contributed by atoms with E-state index in [0.29, 0.717) is 47.6 Å². The summed E-state index contributed by atoms with van der Waals surface area (Å²) in [5.74, 6) is -1.13. The highest BCUT2D eigenvalue weighted by molar-refractivity contribution is 6.34. The van der Waals surface area contributed by atoms with Crippen molar-refractivity contribution < 1.29 is 24.2 Å². The SMILES string of the molecule is O=C(NCCNC(=O)c1ccc(OC2CCC(C(=O)O)CC2)cc1Cl)c1ccc(Cl)cc1. The van der Waals surface area contributed by atoms with Crippen LogP contribution in [0.25, 0.3) is 0 Å². The Kier molecular flexibility index (Phi) is 8.36. The van der Waals surface area contributed by atoms with E-state index < -0.39 is 5.97 Å². The van der Waals surface area contributed by atoms with Gasteiger partial charge in [0.05, 0.1) is 22.6 Å². The Morgan fingerprint density at radius 1 is 0.906 bits per heavy atom. The molecule has 2 aromatic rings. The molecule has 1 fully saturated rings. The second-order valence-corrected chi connectivity index (χ2v) is 8.43. The van der Waals surface area contributed by atoms with Gasteiger partial charge in [-0.1, -0.05) is 23.2 Å². The molecule has 1 saturated carbocycles. The van der Waals surface area contributed by atoms with Crippen LogP contribution in [0.2, 0.25) is 10.0 Å². The van der Waals surface area contributed by atoms with Gasteiger partial charge in [-0.2, -0.15) is 0 Å². The minimum atomic E-state index is -0.758. The Bertz CT molecular complexity index is 973. The quantitative estimate of drug-likeness (QED) is 0.493. The number of amides is 2. The van der Waals surface area contributed by atoms with Crippen LogP contribution in [0.5, 0.6) is 5.75 Å². The second-order valence-electron chi connectivity index (χ2n) is 7.59. The number of hydrogen-bond acceptors (Lipinski definition) is 4. The summed E-state index contributed by atoms with van der Waals surface area (Å²) in [6, 6.07) is 11.4. The van der Waals surface area contributed by atoms with E-state index in [4.69, 9.17) is 33.0 Å². The molecule has 170 valence electrons. The number of carboxylic acid groups (broad SMARTS) is 1. The first-order chi connectivity index (χ1) is 15.3. The molecule has 0 aromatic heterocycles. The highest BCUT2D eigenvalue weighted by Crippen LogP contribution is 2.29. The first-order valence-electron chi connectivity index (χ1n) is 10.3. The van der Waals surface area contributed by atoms with Gasteiger partial charge >= 0.3 is 5.97 Å². The first-order valence-corrected chi connectivity index (χ1v) is 11.1. The normalized spacial score (nSPS) is 17.9. The van der Waals surface area contributed by atoms with Crippen molar-refractivity contribution in [3.63, 3.8) is 0 Å². The van der Waals surface area contributed by atoms with Crippen LogP contribution in [0.3, 0.4) is 0 Å². The van der Waals surface area contributed by atoms with Gasteiger partial charge in [0.2, 0.25) is 0 Å². The van der Waals surface area contributed by atoms with Gasteiger partial charge in [-0.3, -0.25) is 14.4 Å². The maximum atomic E-state index is 12.4. The molecule has 0 unspecified atom stereocenters. The monoisotopic (exact) mass is 478 g/mol. The molecule has 0 atom stereocenters. The van der Waals surface area contributed by atoms with Crippen molar-refractivity contribution in [2.24, 2.45) is 5.92 Å². The van der Waals surface area contributed by atoms with Crippen molar-refractivity contribution in [3.05, 3.63) is 63.6 Å². The summed E-state index contributed by atoms with van der Waals surface area (Å²) < 4.78 is 5.91. The molecule has 2 aromatic carbocycles. The van der Waals surface area contributed by atoms with Crippen LogP contribution in [0, 0.1) is 5.92 Å². The lowest BCUT2D eigenvalue weighted by Gasteiger charge is -2.26. The van der Waals surface area contributed by atoms with Gasteiger partial charge in [-0.05, 0) is 68.1 Å². The van der Waals surface area contributed by atoms with Crippen molar-refractivity contribution in [3.8, 4) is 5.75 Å². The van der Waals surface area contributed by atoms with Crippen LogP contribution >= 0.6 is 23.2 Å². The summed E-state index contributed by atoms with van der Waals surface area (Å²) in [5.41, 5.74) is 0.786. The van der Waals surface area contributed by atoms with E-state index in [-0.39, 0.29) is 41.9 Å². The molecule has 7 nitrogen and oxygen atoms in total. The minimum Gasteiger partial charge on any atom is -0.490 e. The summed E-state index contributed by atoms with van der Waals surface area (Å²) in [4.78, 5) is 35.5. The molecular weight excluding hydrogens is 455 g/mol. The summed E-state index contributed by atoms with van der Waals surface area (Å²) in [6.07, 6.45) is 2.44. The third kappa shape index (κ3) is 6.61. The number of carbonyl (C=O) groups is 3. The number of nitrogens with one attached hydrogen (secondary N) is 2. The van der Waals surface area contributed by atoms with Gasteiger partial charge in [-0.25, -0.2) is 0 Å². The fraction of sp³-hybridized carbons (Fsp3) is 0.348. The third-order valence-electron chi connectivity index (χ3n) is 5.31. The predicted octanol–water partition coefficient (Wildman–Crippen LogP) is 4.18. The second kappa shape index (κ2) is 11.2. The van der Waals surface area contributed by atoms with Gasteiger partial charge in [-0.15, -0.1) is 0 Å². The van der Waals surface area contributed by atoms with E-state index >= 15 is 0 Å². The van der Waals surface area contributed by atoms with E-state index in [9.17, 15) is 14.4 Å². The Morgan fingerprint density at radius 3 is 2.12 bits per heavy atom. The fourth-order valence-corrected chi connectivity index (χ4v) is 3.91. The van der Waals surface area contributed by atoms with Gasteiger partial charge in [0.25, 0.3) is 11.8 Å². The first kappa shape index (κ1) is 23.9. The summed E-state index contributed by atoms with van der Waals surface area (Å²) in [5, 5.41) is 15.3. The molecule has 3 rings (SSSR count). The van der Waals surface area contributed by atoms with E-state index in [1.165, 1.54) is 0 Å². The number of ether oxygens (including phenoxy) is 1. The zero-order valence-electron chi connectivity index (χ0n) is 17.3. The molecule has 32 heavy (non-hydrogen) atoms. The fourth-order valence-electron chi connectivity index (χ4n) is 3.52. The van der Waals surface area contributed by atoms with Crippen molar-refractivity contribution in [1.82, 2.24) is 10.6 Å². The molecule has 0 radical (unpaired) electrons. The minimum absolute atomic E-state index is 0.0643. The number of rotatable bonds is 8. The Morgan fingerprint density at radius 2 is 1.53 bits per heavy atom. The van der Waals surface area contributed by atoms with Crippen molar-refractivity contribution in [2.75, 3.05) is 13.1 Å². The lowest BCUT2D eigenvalue weighted by atomic mass is 9.87. The molecule has 0 heterocycles. The lowest BCUT2D eigenvalue weighted by Crippen LogP contribution is -2.34. The number of carbonyl (C=O) groups excluding carboxylic acids is 2.